The molecule has 0 unspecified atom stereocenters. The third kappa shape index (κ3) is 3.66. The molecule has 4 heteroatoms. The van der Waals surface area contributed by atoms with Crippen LogP contribution in [0.5, 0.6) is 0 Å². The maximum absolute atomic E-state index is 11.2. The Labute approximate surface area is 109 Å². The van der Waals surface area contributed by atoms with Crippen molar-refractivity contribution >= 4 is 17.8 Å². The van der Waals surface area contributed by atoms with Gasteiger partial charge in [-0.25, -0.2) is 4.79 Å². The predicted molar refractivity (Wildman–Crippen MR) is 75.5 cm³/mol. The lowest BCUT2D eigenvalue weighted by molar-refractivity contribution is 0.247. The Balaban J connectivity index is 0.00000144. The number of urea groups is 1. The Bertz CT molecular complexity index is 281. The van der Waals surface area contributed by atoms with Gasteiger partial charge < -0.3 is 10.6 Å². The summed E-state index contributed by atoms with van der Waals surface area (Å²) in [5.74, 6) is 1.07. The van der Waals surface area contributed by atoms with Crippen molar-refractivity contribution in [3.05, 3.63) is 12.2 Å². The van der Waals surface area contributed by atoms with Gasteiger partial charge in [0, 0.05) is 11.0 Å². The monoisotopic (exact) mass is 256 g/mol. The zero-order valence-electron chi connectivity index (χ0n) is 9.74. The normalized spacial score (nSPS) is 30.9. The average molecular weight is 256 g/mol. The molecule has 0 aliphatic carbocycles. The van der Waals surface area contributed by atoms with Gasteiger partial charge in [-0.05, 0) is 26.2 Å². The summed E-state index contributed by atoms with van der Waals surface area (Å²) in [7, 11) is 0. The SMILES string of the molecule is C.CC=CCCCC[C@@H]1SC[C@@H]2NC(=O)N[C@@H]21. The van der Waals surface area contributed by atoms with Gasteiger partial charge in [0.1, 0.15) is 0 Å². The first-order chi connectivity index (χ1) is 7.81. The average Bonchev–Trinajstić information content (AvgIpc) is 2.78. The first-order valence-corrected chi connectivity index (χ1v) is 7.16. The van der Waals surface area contributed by atoms with Crippen LogP contribution in [-0.4, -0.2) is 29.1 Å². The van der Waals surface area contributed by atoms with Crippen molar-refractivity contribution in [3.8, 4) is 0 Å². The van der Waals surface area contributed by atoms with Crippen LogP contribution in [0.4, 0.5) is 4.79 Å². The molecule has 0 saturated carbocycles. The molecule has 0 aromatic heterocycles. The van der Waals surface area contributed by atoms with Crippen LogP contribution in [0.1, 0.15) is 40.0 Å². The predicted octanol–water partition coefficient (Wildman–Crippen LogP) is 2.92. The highest BCUT2D eigenvalue weighted by molar-refractivity contribution is 8.00. The highest BCUT2D eigenvalue weighted by Gasteiger charge is 2.42. The van der Waals surface area contributed by atoms with E-state index in [1.165, 1.54) is 25.7 Å². The fourth-order valence-electron chi connectivity index (χ4n) is 2.42. The number of thioether (sulfide) groups is 1. The summed E-state index contributed by atoms with van der Waals surface area (Å²) < 4.78 is 0. The third-order valence-electron chi connectivity index (χ3n) is 3.28. The van der Waals surface area contributed by atoms with Gasteiger partial charge in [-0.1, -0.05) is 26.0 Å². The summed E-state index contributed by atoms with van der Waals surface area (Å²) in [5, 5.41) is 6.63. The number of hydrogen-bond donors (Lipinski definition) is 2. The van der Waals surface area contributed by atoms with Crippen LogP contribution in [-0.2, 0) is 0 Å². The zero-order valence-corrected chi connectivity index (χ0v) is 10.6. The summed E-state index contributed by atoms with van der Waals surface area (Å²) >= 11 is 2.00. The number of fused-ring (bicyclic) bond motifs is 1. The lowest BCUT2D eigenvalue weighted by atomic mass is 10.0. The second kappa shape index (κ2) is 6.94. The lowest BCUT2D eigenvalue weighted by Gasteiger charge is -2.16. The van der Waals surface area contributed by atoms with E-state index in [2.05, 4.69) is 29.7 Å². The van der Waals surface area contributed by atoms with E-state index in [9.17, 15) is 4.79 Å². The van der Waals surface area contributed by atoms with Gasteiger partial charge in [0.2, 0.25) is 0 Å². The van der Waals surface area contributed by atoms with Gasteiger partial charge >= 0.3 is 6.03 Å². The molecule has 2 rings (SSSR count). The largest absolute Gasteiger partial charge is 0.332 e. The molecule has 0 radical (unpaired) electrons. The van der Waals surface area contributed by atoms with Crippen LogP contribution in [0.15, 0.2) is 12.2 Å². The zero-order chi connectivity index (χ0) is 11.4. The molecule has 2 saturated heterocycles. The van der Waals surface area contributed by atoms with Crippen molar-refractivity contribution in [1.29, 1.82) is 0 Å². The van der Waals surface area contributed by atoms with Crippen LogP contribution in [0.25, 0.3) is 0 Å². The molecule has 0 aromatic carbocycles. The van der Waals surface area contributed by atoms with Crippen molar-refractivity contribution in [1.82, 2.24) is 10.6 Å². The number of unbranched alkanes of at least 4 members (excludes halogenated alkanes) is 2. The molecule has 2 aliphatic rings. The lowest BCUT2D eigenvalue weighted by Crippen LogP contribution is -2.36. The van der Waals surface area contributed by atoms with Crippen LogP contribution in [0.2, 0.25) is 0 Å². The van der Waals surface area contributed by atoms with E-state index in [1.54, 1.807) is 0 Å². The van der Waals surface area contributed by atoms with Crippen molar-refractivity contribution in [2.24, 2.45) is 0 Å². The number of amides is 2. The van der Waals surface area contributed by atoms with E-state index in [0.717, 1.165) is 5.75 Å². The Morgan fingerprint density at radius 2 is 2.24 bits per heavy atom. The molecule has 17 heavy (non-hydrogen) atoms. The second-order valence-electron chi connectivity index (χ2n) is 4.48. The van der Waals surface area contributed by atoms with E-state index in [0.29, 0.717) is 17.3 Å². The Morgan fingerprint density at radius 1 is 1.41 bits per heavy atom. The summed E-state index contributed by atoms with van der Waals surface area (Å²) in [4.78, 5) is 11.2. The van der Waals surface area contributed by atoms with Crippen molar-refractivity contribution in [3.63, 3.8) is 0 Å². The highest BCUT2D eigenvalue weighted by Crippen LogP contribution is 2.33. The summed E-state index contributed by atoms with van der Waals surface area (Å²) in [6, 6.07) is 0.770. The molecule has 3 nitrogen and oxygen atoms in total. The van der Waals surface area contributed by atoms with Crippen molar-refractivity contribution in [2.75, 3.05) is 5.75 Å². The Kier molecular flexibility index (Phi) is 5.89. The molecule has 2 heterocycles. The van der Waals surface area contributed by atoms with Crippen LogP contribution in [0, 0.1) is 0 Å². The number of rotatable bonds is 5. The smallest absolute Gasteiger partial charge is 0.315 e. The summed E-state index contributed by atoms with van der Waals surface area (Å²) in [6.45, 7) is 2.07. The number of allylic oxidation sites excluding steroid dienone is 2. The molecular weight excluding hydrogens is 232 g/mol. The standard InChI is InChI=1S/C12H20N2OS.CH4/c1-2-3-4-5-6-7-10-11-9(8-16-10)13-12(15)14-11;/h2-3,9-11H,4-8H2,1H3,(H2,13,14,15);1H4/t9-,10-,11-;/m0./s1. The van der Waals surface area contributed by atoms with E-state index < -0.39 is 0 Å². The van der Waals surface area contributed by atoms with Gasteiger partial charge in [-0.15, -0.1) is 0 Å². The van der Waals surface area contributed by atoms with E-state index >= 15 is 0 Å². The Hall–Kier alpha value is -0.640. The minimum atomic E-state index is 0. The number of carbonyl (C=O) groups excluding carboxylic acids is 1. The highest BCUT2D eigenvalue weighted by atomic mass is 32.2. The fourth-order valence-corrected chi connectivity index (χ4v) is 3.96. The first kappa shape index (κ1) is 14.4. The fraction of sp³-hybridized carbons (Fsp3) is 0.769. The van der Waals surface area contributed by atoms with Gasteiger partial charge in [0.25, 0.3) is 0 Å². The molecule has 2 aliphatic heterocycles. The molecule has 98 valence electrons. The maximum Gasteiger partial charge on any atom is 0.315 e. The molecule has 2 amide bonds. The molecule has 0 aromatic rings. The van der Waals surface area contributed by atoms with Gasteiger partial charge in [0.05, 0.1) is 12.1 Å². The molecule has 0 spiro atoms. The quantitative estimate of drug-likeness (QED) is 0.451. The molecule has 3 atom stereocenters. The van der Waals surface area contributed by atoms with E-state index in [-0.39, 0.29) is 13.5 Å². The number of hydrogen-bond acceptors (Lipinski definition) is 2. The molecule has 2 N–H and O–H groups in total. The summed E-state index contributed by atoms with van der Waals surface area (Å²) in [6.07, 6.45) is 9.28. The van der Waals surface area contributed by atoms with Crippen molar-refractivity contribution in [2.45, 2.75) is 57.4 Å². The van der Waals surface area contributed by atoms with E-state index in [1.807, 2.05) is 11.8 Å². The van der Waals surface area contributed by atoms with Crippen LogP contribution in [0.3, 0.4) is 0 Å². The second-order valence-corrected chi connectivity index (χ2v) is 5.75. The first-order valence-electron chi connectivity index (χ1n) is 6.11. The van der Waals surface area contributed by atoms with Gasteiger partial charge in [-0.3, -0.25) is 0 Å². The Morgan fingerprint density at radius 3 is 3.00 bits per heavy atom. The van der Waals surface area contributed by atoms with Crippen molar-refractivity contribution < 1.29 is 4.79 Å². The number of carbonyl (C=O) groups is 1. The maximum atomic E-state index is 11.2. The minimum absolute atomic E-state index is 0. The van der Waals surface area contributed by atoms with Crippen LogP contribution >= 0.6 is 11.8 Å². The molecule has 2 fully saturated rings. The van der Waals surface area contributed by atoms with Crippen LogP contribution < -0.4 is 10.6 Å². The minimum Gasteiger partial charge on any atom is -0.332 e. The van der Waals surface area contributed by atoms with Gasteiger partial charge in [0.15, 0.2) is 0 Å². The molecular formula is C13H24N2OS. The number of nitrogens with one attached hydrogen (secondary N) is 2. The van der Waals surface area contributed by atoms with Gasteiger partial charge in [-0.2, -0.15) is 11.8 Å². The third-order valence-corrected chi connectivity index (χ3v) is 4.79. The molecule has 0 bridgehead atoms. The van der Waals surface area contributed by atoms with E-state index in [4.69, 9.17) is 0 Å². The topological polar surface area (TPSA) is 41.1 Å². The summed E-state index contributed by atoms with van der Waals surface area (Å²) in [5.41, 5.74) is 0.